The number of fused-ring (bicyclic) bond motifs is 1. The van der Waals surface area contributed by atoms with E-state index in [1.165, 1.54) is 12.8 Å². The van der Waals surface area contributed by atoms with E-state index in [4.69, 9.17) is 15.0 Å². The Labute approximate surface area is 204 Å². The predicted octanol–water partition coefficient (Wildman–Crippen LogP) is 3.28. The molecule has 9 nitrogen and oxygen atoms in total. The average molecular weight is 500 g/mol. The van der Waals surface area contributed by atoms with Crippen molar-refractivity contribution in [3.63, 3.8) is 0 Å². The van der Waals surface area contributed by atoms with E-state index in [0.717, 1.165) is 37.5 Å². The van der Waals surface area contributed by atoms with Crippen molar-refractivity contribution < 1.29 is 27.9 Å². The second-order valence-corrected chi connectivity index (χ2v) is 8.76. The molecule has 1 aliphatic heterocycles. The molecule has 36 heavy (non-hydrogen) atoms. The van der Waals surface area contributed by atoms with Crippen molar-refractivity contribution in [1.29, 1.82) is 5.26 Å². The number of nitrogens with one attached hydrogen (secondary N) is 2. The maximum absolute atomic E-state index is 12.9. The lowest BCUT2D eigenvalue weighted by molar-refractivity contribution is -0.192. The molecule has 1 saturated carbocycles. The predicted molar refractivity (Wildman–Crippen MR) is 125 cm³/mol. The highest BCUT2D eigenvalue weighted by Gasteiger charge is 2.44. The van der Waals surface area contributed by atoms with Crippen LogP contribution in [0.5, 0.6) is 0 Å². The van der Waals surface area contributed by atoms with Crippen molar-refractivity contribution in [2.75, 3.05) is 36.4 Å². The summed E-state index contributed by atoms with van der Waals surface area (Å²) < 4.78 is 33.4. The van der Waals surface area contributed by atoms with E-state index in [0.29, 0.717) is 22.4 Å². The van der Waals surface area contributed by atoms with Gasteiger partial charge in [-0.1, -0.05) is 12.1 Å². The second-order valence-electron chi connectivity index (χ2n) is 8.76. The van der Waals surface area contributed by atoms with Gasteiger partial charge in [0.1, 0.15) is 17.6 Å². The summed E-state index contributed by atoms with van der Waals surface area (Å²) in [4.78, 5) is 24.1. The molecule has 3 heterocycles. The molecule has 5 rings (SSSR count). The van der Waals surface area contributed by atoms with Gasteiger partial charge < -0.3 is 20.6 Å². The Morgan fingerprint density at radius 2 is 1.83 bits per heavy atom. The first-order valence-corrected chi connectivity index (χ1v) is 11.2. The van der Waals surface area contributed by atoms with Gasteiger partial charge in [0.05, 0.1) is 16.8 Å². The van der Waals surface area contributed by atoms with Gasteiger partial charge in [-0.25, -0.2) is 9.31 Å². The highest BCUT2D eigenvalue weighted by molar-refractivity contribution is 6.04. The molecule has 2 aliphatic rings. The van der Waals surface area contributed by atoms with Gasteiger partial charge in [-0.15, -0.1) is 5.10 Å². The molecule has 1 amide bonds. The first-order valence-electron chi connectivity index (χ1n) is 11.2. The first kappa shape index (κ1) is 25.0. The zero-order valence-electron chi connectivity index (χ0n) is 19.0. The zero-order chi connectivity index (χ0) is 25.9. The zero-order valence-corrected chi connectivity index (χ0v) is 19.0. The number of carbonyl (C=O) groups is 2. The maximum Gasteiger partial charge on any atom is 0.490 e. The van der Waals surface area contributed by atoms with Gasteiger partial charge in [-0.2, -0.15) is 18.4 Å². The van der Waals surface area contributed by atoms with Crippen LogP contribution in [-0.2, 0) is 4.79 Å². The smallest absolute Gasteiger partial charge is 0.475 e. The monoisotopic (exact) mass is 500 g/mol. The van der Waals surface area contributed by atoms with E-state index in [9.17, 15) is 23.2 Å². The van der Waals surface area contributed by atoms with Crippen molar-refractivity contribution in [3.05, 3.63) is 59.8 Å². The van der Waals surface area contributed by atoms with Crippen LogP contribution < -0.4 is 15.5 Å². The van der Waals surface area contributed by atoms with E-state index in [1.54, 1.807) is 34.8 Å². The van der Waals surface area contributed by atoms with E-state index in [2.05, 4.69) is 21.6 Å². The summed E-state index contributed by atoms with van der Waals surface area (Å²) in [6.45, 7) is 3.90. The highest BCUT2D eigenvalue weighted by atomic mass is 19.4. The van der Waals surface area contributed by atoms with Crippen molar-refractivity contribution in [2.45, 2.75) is 19.0 Å². The molecule has 2 aromatic heterocycles. The van der Waals surface area contributed by atoms with Crippen LogP contribution in [0.3, 0.4) is 0 Å². The van der Waals surface area contributed by atoms with E-state index in [1.807, 2.05) is 18.2 Å². The summed E-state index contributed by atoms with van der Waals surface area (Å²) in [6.07, 6.45) is -2.57. The van der Waals surface area contributed by atoms with Gasteiger partial charge in [0.2, 0.25) is 0 Å². The summed E-state index contributed by atoms with van der Waals surface area (Å²) in [6, 6.07) is 16.8. The van der Waals surface area contributed by atoms with Gasteiger partial charge in [-0.3, -0.25) is 4.79 Å². The van der Waals surface area contributed by atoms with E-state index < -0.39 is 12.1 Å². The fourth-order valence-electron chi connectivity index (χ4n) is 4.01. The number of aromatic nitrogens is 2. The summed E-state index contributed by atoms with van der Waals surface area (Å²) in [5.41, 5.74) is 2.62. The number of nitrogens with zero attached hydrogens (tertiary/aromatic N) is 4. The van der Waals surface area contributed by atoms with Crippen LogP contribution in [-0.4, -0.2) is 59.0 Å². The summed E-state index contributed by atoms with van der Waals surface area (Å²) in [5.74, 6) is -2.16. The number of hydrogen-bond donors (Lipinski definition) is 3. The standard InChI is InChI=1S/C22H22N6O.C2HF3O2/c23-13-16-3-1-2-4-18(16)25-21(29)19-7-5-17-6-8-20(26-28(17)19)27-12-11-24-14-22(15-27)9-10-22;3-2(4,5)1(6)7/h1-8,24H,9-12,14-15H2,(H,25,29);(H,6,7). The third kappa shape index (κ3) is 5.58. The molecule has 1 saturated heterocycles. The summed E-state index contributed by atoms with van der Waals surface area (Å²) in [7, 11) is 0. The number of amides is 1. The number of nitriles is 1. The molecule has 0 unspecified atom stereocenters. The lowest BCUT2D eigenvalue weighted by Gasteiger charge is -2.24. The molecular formula is C24H23F3N6O3. The Kier molecular flexibility index (Phi) is 6.85. The third-order valence-electron chi connectivity index (χ3n) is 6.13. The van der Waals surface area contributed by atoms with E-state index in [-0.39, 0.29) is 5.91 Å². The molecule has 3 aromatic rings. The molecule has 12 heteroatoms. The molecular weight excluding hydrogens is 477 g/mol. The molecule has 2 fully saturated rings. The Balaban J connectivity index is 0.000000384. The minimum atomic E-state index is -5.08. The fraction of sp³-hybridized carbons (Fsp3) is 0.333. The van der Waals surface area contributed by atoms with Crippen LogP contribution in [0.4, 0.5) is 24.7 Å². The number of carboxylic acid groups (broad SMARTS) is 1. The van der Waals surface area contributed by atoms with Crippen LogP contribution in [0.15, 0.2) is 48.5 Å². The quantitative estimate of drug-likeness (QED) is 0.504. The SMILES string of the molecule is N#Cc1ccccc1NC(=O)c1ccc2ccc(N3CCNCC4(CC4)C3)nn12.O=C(O)C(F)(F)F. The van der Waals surface area contributed by atoms with Crippen molar-refractivity contribution >= 4 is 28.9 Å². The first-order chi connectivity index (χ1) is 17.1. The van der Waals surface area contributed by atoms with Crippen molar-refractivity contribution in [1.82, 2.24) is 14.9 Å². The number of hydrogen-bond acceptors (Lipinski definition) is 6. The number of benzene rings is 1. The van der Waals surface area contributed by atoms with Crippen LogP contribution in [0.1, 0.15) is 28.9 Å². The highest BCUT2D eigenvalue weighted by Crippen LogP contribution is 2.46. The number of alkyl halides is 3. The number of carboxylic acids is 1. The van der Waals surface area contributed by atoms with E-state index >= 15 is 0 Å². The van der Waals surface area contributed by atoms with Crippen molar-refractivity contribution in [2.24, 2.45) is 5.41 Å². The summed E-state index contributed by atoms with van der Waals surface area (Å²) >= 11 is 0. The van der Waals surface area contributed by atoms with Gasteiger partial charge in [0.15, 0.2) is 0 Å². The number of halogens is 3. The van der Waals surface area contributed by atoms with Crippen LogP contribution >= 0.6 is 0 Å². The third-order valence-corrected chi connectivity index (χ3v) is 6.13. The van der Waals surface area contributed by atoms with Gasteiger partial charge in [0, 0.05) is 31.6 Å². The largest absolute Gasteiger partial charge is 0.490 e. The number of aliphatic carboxylic acids is 1. The normalized spacial score (nSPS) is 16.4. The molecule has 0 radical (unpaired) electrons. The molecule has 3 N–H and O–H groups in total. The topological polar surface area (TPSA) is 123 Å². The number of rotatable bonds is 3. The Bertz CT molecular complexity index is 1330. The Hall–Kier alpha value is -4.11. The van der Waals surface area contributed by atoms with Crippen LogP contribution in [0, 0.1) is 16.7 Å². The van der Waals surface area contributed by atoms with Crippen molar-refractivity contribution in [3.8, 4) is 6.07 Å². The number of carbonyl (C=O) groups excluding carboxylic acids is 1. The maximum atomic E-state index is 12.9. The molecule has 1 aliphatic carbocycles. The minimum absolute atomic E-state index is 0.284. The Morgan fingerprint density at radius 3 is 2.50 bits per heavy atom. The average Bonchev–Trinajstić information content (AvgIpc) is 3.54. The fourth-order valence-corrected chi connectivity index (χ4v) is 4.01. The molecule has 1 aromatic carbocycles. The number of anilines is 2. The van der Waals surface area contributed by atoms with Gasteiger partial charge >= 0.3 is 12.1 Å². The van der Waals surface area contributed by atoms with Gasteiger partial charge in [-0.05, 0) is 49.2 Å². The number of para-hydroxylation sites is 1. The minimum Gasteiger partial charge on any atom is -0.475 e. The molecule has 0 atom stereocenters. The Morgan fingerprint density at radius 1 is 1.14 bits per heavy atom. The van der Waals surface area contributed by atoms with Crippen LogP contribution in [0.25, 0.3) is 5.52 Å². The molecule has 0 bridgehead atoms. The lowest BCUT2D eigenvalue weighted by Crippen LogP contribution is -2.32. The van der Waals surface area contributed by atoms with Gasteiger partial charge in [0.25, 0.3) is 5.91 Å². The molecule has 1 spiro atoms. The lowest BCUT2D eigenvalue weighted by atomic mass is 10.1. The summed E-state index contributed by atoms with van der Waals surface area (Å²) in [5, 5.41) is 27.5. The van der Waals surface area contributed by atoms with Crippen LogP contribution in [0.2, 0.25) is 0 Å². The second kappa shape index (κ2) is 9.87. The molecule has 188 valence electrons.